The maximum atomic E-state index is 11.2. The molecule has 3 aliphatic heterocycles. The van der Waals surface area contributed by atoms with Gasteiger partial charge in [0.25, 0.3) is 0 Å². The molecule has 0 aliphatic carbocycles. The molecule has 0 aromatic heterocycles. The van der Waals surface area contributed by atoms with Gasteiger partial charge in [-0.25, -0.2) is 4.79 Å². The lowest BCUT2D eigenvalue weighted by Gasteiger charge is -2.33. The molecular weight excluding hydrogens is 292 g/mol. The second-order valence-corrected chi connectivity index (χ2v) is 5.52. The normalized spacial score (nSPS) is 48.1. The van der Waals surface area contributed by atoms with E-state index in [-0.39, 0.29) is 19.8 Å². The standard InChI is InChI=1S/C7H8O9S2/c8-6-14-5(4-1-11-18(10)16-4)7(15-6)2-12-17(9)13-3-7/h4-5H,1-3H2. The van der Waals surface area contributed by atoms with E-state index in [1.807, 2.05) is 0 Å². The zero-order valence-electron chi connectivity index (χ0n) is 8.77. The SMILES string of the molecule is O=C1OC(C2COS(=O)O2)C2(COS(=O)OC2)O1. The van der Waals surface area contributed by atoms with Crippen LogP contribution < -0.4 is 0 Å². The first-order chi connectivity index (χ1) is 8.59. The lowest BCUT2D eigenvalue weighted by Crippen LogP contribution is -2.56. The van der Waals surface area contributed by atoms with Gasteiger partial charge in [0, 0.05) is 0 Å². The third-order valence-corrected chi connectivity index (χ3v) is 4.05. The van der Waals surface area contributed by atoms with Crippen molar-refractivity contribution in [3.8, 4) is 0 Å². The predicted octanol–water partition coefficient (Wildman–Crippen LogP) is -1.12. The number of ether oxygens (including phenoxy) is 2. The maximum Gasteiger partial charge on any atom is 0.509 e. The third-order valence-electron chi connectivity index (χ3n) is 2.70. The van der Waals surface area contributed by atoms with Crippen LogP contribution in [0, 0.1) is 0 Å². The van der Waals surface area contributed by atoms with Crippen LogP contribution in [0.3, 0.4) is 0 Å². The Morgan fingerprint density at radius 2 is 1.83 bits per heavy atom. The lowest BCUT2D eigenvalue weighted by atomic mass is 9.94. The van der Waals surface area contributed by atoms with E-state index >= 15 is 0 Å². The van der Waals surface area contributed by atoms with Gasteiger partial charge in [-0.2, -0.15) is 8.42 Å². The van der Waals surface area contributed by atoms with Crippen molar-refractivity contribution in [3.05, 3.63) is 0 Å². The fourth-order valence-electron chi connectivity index (χ4n) is 1.89. The highest BCUT2D eigenvalue weighted by Gasteiger charge is 2.59. The Morgan fingerprint density at radius 3 is 2.44 bits per heavy atom. The molecule has 3 unspecified atom stereocenters. The van der Waals surface area contributed by atoms with Crippen LogP contribution in [0.1, 0.15) is 0 Å². The summed E-state index contributed by atoms with van der Waals surface area (Å²) in [6, 6.07) is 0. The molecule has 3 heterocycles. The van der Waals surface area contributed by atoms with Gasteiger partial charge >= 0.3 is 28.9 Å². The Labute approximate surface area is 106 Å². The monoisotopic (exact) mass is 300 g/mol. The first-order valence-electron chi connectivity index (χ1n) is 4.89. The van der Waals surface area contributed by atoms with E-state index in [2.05, 4.69) is 0 Å². The Kier molecular flexibility index (Phi) is 3.11. The van der Waals surface area contributed by atoms with Gasteiger partial charge in [-0.15, -0.1) is 0 Å². The zero-order chi connectivity index (χ0) is 12.8. The third kappa shape index (κ3) is 2.06. The molecule has 9 nitrogen and oxygen atoms in total. The second-order valence-electron chi connectivity index (χ2n) is 3.81. The fraction of sp³-hybridized carbons (Fsp3) is 0.857. The number of cyclic esters (lactones) is 1. The minimum atomic E-state index is -1.88. The molecule has 3 fully saturated rings. The molecule has 3 saturated heterocycles. The van der Waals surface area contributed by atoms with Crippen molar-refractivity contribution >= 4 is 28.9 Å². The van der Waals surface area contributed by atoms with E-state index in [0.29, 0.717) is 0 Å². The molecule has 18 heavy (non-hydrogen) atoms. The highest BCUT2D eigenvalue weighted by Crippen LogP contribution is 2.36. The van der Waals surface area contributed by atoms with E-state index in [1.165, 1.54) is 0 Å². The van der Waals surface area contributed by atoms with Crippen molar-refractivity contribution < 1.29 is 39.4 Å². The van der Waals surface area contributed by atoms with Crippen molar-refractivity contribution in [2.45, 2.75) is 17.8 Å². The summed E-state index contributed by atoms with van der Waals surface area (Å²) in [4.78, 5) is 11.2. The van der Waals surface area contributed by atoms with Crippen LogP contribution in [0.4, 0.5) is 4.79 Å². The van der Waals surface area contributed by atoms with Gasteiger partial charge < -0.3 is 9.47 Å². The zero-order valence-corrected chi connectivity index (χ0v) is 10.4. The number of carbonyl (C=O) groups excluding carboxylic acids is 1. The first kappa shape index (κ1) is 12.4. The topological polar surface area (TPSA) is 107 Å². The summed E-state index contributed by atoms with van der Waals surface area (Å²) in [5.41, 5.74) is -1.26. The van der Waals surface area contributed by atoms with Crippen molar-refractivity contribution in [2.75, 3.05) is 19.8 Å². The molecule has 0 amide bonds. The molecule has 3 rings (SSSR count). The maximum absolute atomic E-state index is 11.2. The largest absolute Gasteiger partial charge is 0.509 e. The van der Waals surface area contributed by atoms with E-state index in [4.69, 9.17) is 26.2 Å². The highest BCUT2D eigenvalue weighted by atomic mass is 32.2. The minimum Gasteiger partial charge on any atom is -0.424 e. The van der Waals surface area contributed by atoms with Crippen molar-refractivity contribution in [2.24, 2.45) is 0 Å². The average Bonchev–Trinajstić information content (AvgIpc) is 2.88. The fourth-order valence-corrected chi connectivity index (χ4v) is 3.20. The molecule has 0 aromatic rings. The van der Waals surface area contributed by atoms with Gasteiger partial charge in [-0.1, -0.05) is 0 Å². The van der Waals surface area contributed by atoms with Gasteiger partial charge in [0.1, 0.15) is 19.3 Å². The first-order valence-corrected chi connectivity index (χ1v) is 6.89. The summed E-state index contributed by atoms with van der Waals surface area (Å²) < 4.78 is 51.2. The summed E-state index contributed by atoms with van der Waals surface area (Å²) in [5, 5.41) is 0. The van der Waals surface area contributed by atoms with E-state index in [1.54, 1.807) is 0 Å². The van der Waals surface area contributed by atoms with Crippen LogP contribution in [0.25, 0.3) is 0 Å². The summed E-state index contributed by atoms with van der Waals surface area (Å²) in [6.45, 7) is -0.343. The molecule has 0 saturated carbocycles. The molecule has 0 radical (unpaired) electrons. The summed E-state index contributed by atoms with van der Waals surface area (Å²) in [5.74, 6) is 0. The molecule has 11 heteroatoms. The Hall–Kier alpha value is -0.590. The van der Waals surface area contributed by atoms with Crippen LogP contribution in [0.15, 0.2) is 0 Å². The van der Waals surface area contributed by atoms with Crippen molar-refractivity contribution in [1.29, 1.82) is 0 Å². The van der Waals surface area contributed by atoms with Gasteiger partial charge in [0.05, 0.1) is 6.61 Å². The molecule has 3 aliphatic rings. The number of hydrogen-bond acceptors (Lipinski definition) is 9. The van der Waals surface area contributed by atoms with Crippen LogP contribution in [-0.2, 0) is 48.9 Å². The second kappa shape index (κ2) is 4.51. The van der Waals surface area contributed by atoms with Crippen molar-refractivity contribution in [1.82, 2.24) is 0 Å². The van der Waals surface area contributed by atoms with Crippen molar-refractivity contribution in [3.63, 3.8) is 0 Å². The van der Waals surface area contributed by atoms with Crippen LogP contribution in [-0.4, -0.2) is 52.2 Å². The van der Waals surface area contributed by atoms with Gasteiger partial charge in [-0.3, -0.25) is 16.7 Å². The average molecular weight is 300 g/mol. The molecule has 3 atom stereocenters. The van der Waals surface area contributed by atoms with Crippen LogP contribution in [0.2, 0.25) is 0 Å². The van der Waals surface area contributed by atoms with Gasteiger partial charge in [-0.05, 0) is 0 Å². The molecule has 0 bridgehead atoms. The molecule has 1 spiro atoms. The smallest absolute Gasteiger partial charge is 0.424 e. The van der Waals surface area contributed by atoms with Crippen LogP contribution in [0.5, 0.6) is 0 Å². The minimum absolute atomic E-state index is 0.0151. The van der Waals surface area contributed by atoms with Gasteiger partial charge in [0.2, 0.25) is 5.60 Å². The Morgan fingerprint density at radius 1 is 1.11 bits per heavy atom. The lowest BCUT2D eigenvalue weighted by molar-refractivity contribution is -0.0896. The molecular formula is C7H8O9S2. The number of rotatable bonds is 1. The van der Waals surface area contributed by atoms with Gasteiger partial charge in [0.15, 0.2) is 6.10 Å². The van der Waals surface area contributed by atoms with E-state index in [0.717, 1.165) is 0 Å². The summed E-state index contributed by atoms with van der Waals surface area (Å²) >= 11 is -3.75. The Bertz CT molecular complexity index is 413. The molecule has 102 valence electrons. The molecule has 0 N–H and O–H groups in total. The highest BCUT2D eigenvalue weighted by molar-refractivity contribution is 7.75. The Balaban J connectivity index is 1.81. The van der Waals surface area contributed by atoms with Crippen LogP contribution >= 0.6 is 0 Å². The predicted molar refractivity (Wildman–Crippen MR) is 53.1 cm³/mol. The quantitative estimate of drug-likeness (QED) is 0.556. The number of carbonyl (C=O) groups is 1. The molecule has 0 aromatic carbocycles. The van der Waals surface area contributed by atoms with E-state index < -0.39 is 46.7 Å². The van der Waals surface area contributed by atoms with E-state index in [9.17, 15) is 13.2 Å². The summed E-state index contributed by atoms with van der Waals surface area (Å²) in [7, 11) is 0. The number of hydrogen-bond donors (Lipinski definition) is 0. The summed E-state index contributed by atoms with van der Waals surface area (Å²) in [6.07, 6.45) is -2.56.